The number of hydrogen-bond donors (Lipinski definition) is 0. The normalized spacial score (nSPS) is 14.4. The molecule has 0 fully saturated rings. The van der Waals surface area contributed by atoms with Gasteiger partial charge in [0.1, 0.15) is 15.4 Å². The van der Waals surface area contributed by atoms with Gasteiger partial charge in [0.15, 0.2) is 0 Å². The van der Waals surface area contributed by atoms with Gasteiger partial charge in [-0.2, -0.15) is 0 Å². The third-order valence-electron chi connectivity index (χ3n) is 4.77. The van der Waals surface area contributed by atoms with Gasteiger partial charge in [-0.05, 0) is 38.1 Å². The minimum absolute atomic E-state index is 0.0432. The number of hydrogen-bond acceptors (Lipinski definition) is 5. The molecule has 7 heteroatoms. The largest absolute Gasteiger partial charge is 0.497 e. The van der Waals surface area contributed by atoms with E-state index in [0.717, 1.165) is 19.8 Å². The number of nitrogens with zero attached hydrogens (tertiary/aromatic N) is 1. The average molecular weight is 418 g/mol. The first-order valence-electron chi connectivity index (χ1n) is 8.27. The van der Waals surface area contributed by atoms with Crippen molar-refractivity contribution in [2.45, 2.75) is 19.4 Å². The Morgan fingerprint density at radius 2 is 1.93 bits per heavy atom. The molecular formula is C20H16FNO2S3. The Morgan fingerprint density at radius 3 is 2.63 bits per heavy atom. The van der Waals surface area contributed by atoms with E-state index in [1.165, 1.54) is 22.5 Å². The highest BCUT2D eigenvalue weighted by Crippen LogP contribution is 2.53. The number of ether oxygens (including phenoxy) is 1. The summed E-state index contributed by atoms with van der Waals surface area (Å²) in [6, 6.07) is 11.6. The molecule has 0 N–H and O–H groups in total. The van der Waals surface area contributed by atoms with Crippen LogP contribution in [0.4, 0.5) is 10.1 Å². The highest BCUT2D eigenvalue weighted by molar-refractivity contribution is 7.80. The molecule has 1 aliphatic rings. The molecule has 0 radical (unpaired) electrons. The zero-order chi connectivity index (χ0) is 19.3. The summed E-state index contributed by atoms with van der Waals surface area (Å²) in [4.78, 5) is 16.1. The average Bonchev–Trinajstić information content (AvgIpc) is 3.04. The topological polar surface area (TPSA) is 29.5 Å². The second kappa shape index (κ2) is 6.51. The number of anilines is 1. The van der Waals surface area contributed by atoms with Gasteiger partial charge in [0, 0.05) is 17.2 Å². The van der Waals surface area contributed by atoms with E-state index >= 15 is 0 Å². The maximum Gasteiger partial charge on any atom is 0.262 e. The van der Waals surface area contributed by atoms with Crippen molar-refractivity contribution in [3.63, 3.8) is 0 Å². The Bertz CT molecular complexity index is 1120. The Kier molecular flexibility index (Phi) is 4.41. The van der Waals surface area contributed by atoms with Crippen LogP contribution in [0.25, 0.3) is 11.1 Å². The monoisotopic (exact) mass is 417 g/mol. The number of benzene rings is 2. The fourth-order valence-electron chi connectivity index (χ4n) is 3.45. The van der Waals surface area contributed by atoms with Gasteiger partial charge >= 0.3 is 0 Å². The smallest absolute Gasteiger partial charge is 0.262 e. The highest BCUT2D eigenvalue weighted by Gasteiger charge is 2.43. The summed E-state index contributed by atoms with van der Waals surface area (Å²) in [6.45, 7) is 3.93. The van der Waals surface area contributed by atoms with Crippen molar-refractivity contribution >= 4 is 44.5 Å². The van der Waals surface area contributed by atoms with E-state index in [1.54, 1.807) is 34.5 Å². The van der Waals surface area contributed by atoms with E-state index in [9.17, 15) is 9.18 Å². The molecule has 2 aromatic carbocycles. The number of fused-ring (bicyclic) bond motifs is 3. The van der Waals surface area contributed by atoms with Crippen LogP contribution in [0.1, 0.15) is 29.1 Å². The van der Waals surface area contributed by atoms with E-state index in [0.29, 0.717) is 11.4 Å². The molecule has 1 aliphatic heterocycles. The first-order valence-corrected chi connectivity index (χ1v) is 10.8. The number of carbonyl (C=O) groups is 1. The quantitative estimate of drug-likeness (QED) is 0.365. The van der Waals surface area contributed by atoms with Crippen LogP contribution in [-0.2, 0) is 5.54 Å². The molecule has 0 atom stereocenters. The van der Waals surface area contributed by atoms with Gasteiger partial charge in [0.2, 0.25) is 0 Å². The van der Waals surface area contributed by atoms with Crippen LogP contribution in [0, 0.1) is 9.64 Å². The minimum Gasteiger partial charge on any atom is -0.497 e. The highest BCUT2D eigenvalue weighted by atomic mass is 32.9. The van der Waals surface area contributed by atoms with Crippen LogP contribution in [0.5, 0.6) is 5.75 Å². The third kappa shape index (κ3) is 2.72. The lowest BCUT2D eigenvalue weighted by Gasteiger charge is -2.43. The molecule has 0 saturated heterocycles. The third-order valence-corrected chi connectivity index (χ3v) is 8.10. The van der Waals surface area contributed by atoms with E-state index < -0.39 is 11.4 Å². The summed E-state index contributed by atoms with van der Waals surface area (Å²) in [7, 11) is 4.67. The standard InChI is InChI=1S/C20H16FNO2S3/c1-20(2)17-16(19(25)27-26-17)13-9-8-11(24-3)10-15(13)22(20)18(23)12-6-4-5-7-14(12)21/h4-10H,1-3H3. The Morgan fingerprint density at radius 1 is 1.19 bits per heavy atom. The number of carbonyl (C=O) groups excluding carboxylic acids is 1. The zero-order valence-corrected chi connectivity index (χ0v) is 17.4. The summed E-state index contributed by atoms with van der Waals surface area (Å²) in [6.07, 6.45) is 0. The predicted molar refractivity (Wildman–Crippen MR) is 111 cm³/mol. The number of rotatable bonds is 2. The first kappa shape index (κ1) is 18.3. The van der Waals surface area contributed by atoms with Crippen LogP contribution in [-0.4, -0.2) is 13.0 Å². The molecule has 27 heavy (non-hydrogen) atoms. The van der Waals surface area contributed by atoms with E-state index in [2.05, 4.69) is 0 Å². The van der Waals surface area contributed by atoms with Crippen molar-refractivity contribution in [3.8, 4) is 16.9 Å². The Balaban J connectivity index is 2.01. The molecule has 0 saturated carbocycles. The first-order chi connectivity index (χ1) is 12.9. The fraction of sp³-hybridized carbons (Fsp3) is 0.200. The van der Waals surface area contributed by atoms with Crippen molar-refractivity contribution in [1.82, 2.24) is 0 Å². The second-order valence-corrected chi connectivity index (χ2v) is 9.54. The maximum atomic E-state index is 14.4. The lowest BCUT2D eigenvalue weighted by Crippen LogP contribution is -2.48. The fourth-order valence-corrected chi connectivity index (χ4v) is 6.73. The Labute approximate surface area is 169 Å². The van der Waals surface area contributed by atoms with Crippen molar-refractivity contribution in [1.29, 1.82) is 0 Å². The van der Waals surface area contributed by atoms with Crippen molar-refractivity contribution in [2.24, 2.45) is 0 Å². The van der Waals surface area contributed by atoms with Crippen LogP contribution < -0.4 is 9.64 Å². The van der Waals surface area contributed by atoms with E-state index in [-0.39, 0.29) is 11.5 Å². The molecule has 138 valence electrons. The number of halogens is 1. The van der Waals surface area contributed by atoms with Gasteiger partial charge in [-0.1, -0.05) is 45.0 Å². The van der Waals surface area contributed by atoms with Gasteiger partial charge in [-0.25, -0.2) is 4.39 Å². The Hall–Kier alpha value is -2.09. The predicted octanol–water partition coefficient (Wildman–Crippen LogP) is 6.25. The van der Waals surface area contributed by atoms with E-state index in [1.807, 2.05) is 32.0 Å². The molecule has 1 aromatic heterocycles. The molecule has 3 aromatic rings. The van der Waals surface area contributed by atoms with E-state index in [4.69, 9.17) is 17.0 Å². The molecule has 3 nitrogen and oxygen atoms in total. The van der Waals surface area contributed by atoms with Crippen molar-refractivity contribution < 1.29 is 13.9 Å². The second-order valence-electron chi connectivity index (χ2n) is 6.72. The molecule has 0 spiro atoms. The van der Waals surface area contributed by atoms with Gasteiger partial charge in [-0.15, -0.1) is 0 Å². The summed E-state index contributed by atoms with van der Waals surface area (Å²) in [5.74, 6) is -0.293. The van der Waals surface area contributed by atoms with Gasteiger partial charge in [0.25, 0.3) is 5.91 Å². The summed E-state index contributed by atoms with van der Waals surface area (Å²) in [5.41, 5.74) is 1.91. The van der Waals surface area contributed by atoms with Gasteiger partial charge in [-0.3, -0.25) is 9.69 Å². The zero-order valence-electron chi connectivity index (χ0n) is 14.9. The summed E-state index contributed by atoms with van der Waals surface area (Å²) >= 11 is 5.57. The molecule has 0 aliphatic carbocycles. The van der Waals surface area contributed by atoms with Gasteiger partial charge < -0.3 is 4.74 Å². The maximum absolute atomic E-state index is 14.4. The number of methoxy groups -OCH3 is 1. The SMILES string of the molecule is COc1ccc2c(c1)N(C(=O)c1ccccc1F)C(C)(C)c1ssc(=S)c1-2. The minimum atomic E-state index is -0.674. The molecule has 4 rings (SSSR count). The molecule has 1 amide bonds. The number of amides is 1. The molecule has 2 heterocycles. The lowest BCUT2D eigenvalue weighted by atomic mass is 9.86. The lowest BCUT2D eigenvalue weighted by molar-refractivity contribution is 0.0957. The van der Waals surface area contributed by atoms with Crippen LogP contribution in [0.2, 0.25) is 0 Å². The van der Waals surface area contributed by atoms with Crippen LogP contribution in [0.15, 0.2) is 42.5 Å². The molecule has 0 unspecified atom stereocenters. The van der Waals surface area contributed by atoms with Crippen LogP contribution in [0.3, 0.4) is 0 Å². The molecular weight excluding hydrogens is 401 g/mol. The van der Waals surface area contributed by atoms with Crippen LogP contribution >= 0.6 is 32.9 Å². The van der Waals surface area contributed by atoms with Crippen molar-refractivity contribution in [3.05, 3.63) is 62.5 Å². The van der Waals surface area contributed by atoms with Crippen molar-refractivity contribution in [2.75, 3.05) is 12.0 Å². The summed E-state index contributed by atoms with van der Waals surface area (Å²) in [5, 5.41) is 0. The van der Waals surface area contributed by atoms with Gasteiger partial charge in [0.05, 0.1) is 28.8 Å². The summed E-state index contributed by atoms with van der Waals surface area (Å²) < 4.78 is 20.6. The molecule has 0 bridgehead atoms.